The van der Waals surface area contributed by atoms with Gasteiger partial charge in [-0.15, -0.1) is 0 Å². The fraction of sp³-hybridized carbons (Fsp3) is 1.00. The molecule has 0 saturated heterocycles. The number of rotatable bonds is 3. The molecule has 0 unspecified atom stereocenters. The summed E-state index contributed by atoms with van der Waals surface area (Å²) in [5, 5.41) is 0.589. The summed E-state index contributed by atoms with van der Waals surface area (Å²) in [6.45, 7) is 6.94. The molecule has 0 radical (unpaired) electrons. The van der Waals surface area contributed by atoms with E-state index >= 15 is 0 Å². The molecule has 0 aliphatic rings. The average Bonchev–Trinajstić information content (AvgIpc) is 1.63. The number of hydrogen-bond acceptors (Lipinski definition) is 2. The van der Waals surface area contributed by atoms with E-state index < -0.39 is 0 Å². The van der Waals surface area contributed by atoms with Gasteiger partial charge in [0.05, 0.1) is 20.1 Å². The molecular formula is C4H18N2Si3. The molecule has 0 saturated carbocycles. The first-order chi connectivity index (χ1) is 4.06. The Morgan fingerprint density at radius 1 is 1.33 bits per heavy atom. The maximum atomic E-state index is 3.58. The molecule has 2 N–H and O–H groups in total. The maximum Gasteiger partial charge on any atom is 0.153 e. The molecule has 0 spiro atoms. The Hall–Kier alpha value is 0.571. The van der Waals surface area contributed by atoms with Crippen LogP contribution in [0.1, 0.15) is 20.8 Å². The Morgan fingerprint density at radius 3 is 2.22 bits per heavy atom. The van der Waals surface area contributed by atoms with Crippen molar-refractivity contribution in [2.75, 3.05) is 0 Å². The zero-order valence-electron chi connectivity index (χ0n) is 6.91. The molecule has 9 heavy (non-hydrogen) atoms. The first-order valence-electron chi connectivity index (χ1n) is 3.41. The summed E-state index contributed by atoms with van der Waals surface area (Å²) in [6.07, 6.45) is 0. The normalized spacial score (nSPS) is 15.0. The second-order valence-corrected chi connectivity index (χ2v) is 11.2. The van der Waals surface area contributed by atoms with Crippen molar-refractivity contribution in [3.8, 4) is 0 Å². The summed E-state index contributed by atoms with van der Waals surface area (Å²) in [5.41, 5.74) is 0. The van der Waals surface area contributed by atoms with Gasteiger partial charge in [-0.3, -0.25) is 0 Å². The van der Waals surface area contributed by atoms with Gasteiger partial charge in [0.25, 0.3) is 0 Å². The zero-order valence-corrected chi connectivity index (χ0v) is 11.7. The molecule has 0 aromatic carbocycles. The van der Waals surface area contributed by atoms with Crippen LogP contribution in [0.15, 0.2) is 0 Å². The summed E-state index contributed by atoms with van der Waals surface area (Å²) >= 11 is 0. The van der Waals surface area contributed by atoms with E-state index in [0.29, 0.717) is 5.04 Å². The van der Waals surface area contributed by atoms with E-state index in [1.165, 1.54) is 0 Å². The third-order valence-corrected chi connectivity index (χ3v) is 5.43. The van der Waals surface area contributed by atoms with E-state index in [0.717, 1.165) is 10.4 Å². The molecule has 0 aliphatic heterocycles. The second-order valence-electron chi connectivity index (χ2n) is 3.52. The summed E-state index contributed by atoms with van der Waals surface area (Å²) in [4.78, 5) is 0. The fourth-order valence-corrected chi connectivity index (χ4v) is 7.31. The number of hydrogen-bond donors (Lipinski definition) is 2. The molecule has 0 amide bonds. The molecule has 0 atom stereocenters. The lowest BCUT2D eigenvalue weighted by molar-refractivity contribution is 0.747. The predicted octanol–water partition coefficient (Wildman–Crippen LogP) is -2.25. The van der Waals surface area contributed by atoms with Crippen LogP contribution in [0.5, 0.6) is 0 Å². The largest absolute Gasteiger partial charge is 0.360 e. The second kappa shape index (κ2) is 4.40. The van der Waals surface area contributed by atoms with Gasteiger partial charge in [-0.05, 0) is 5.04 Å². The van der Waals surface area contributed by atoms with Crippen molar-refractivity contribution in [1.29, 1.82) is 0 Å². The summed E-state index contributed by atoms with van der Waals surface area (Å²) in [6, 6.07) is 0. The summed E-state index contributed by atoms with van der Waals surface area (Å²) < 4.78 is 6.92. The smallest absolute Gasteiger partial charge is 0.153 e. The highest BCUT2D eigenvalue weighted by molar-refractivity contribution is 6.54. The van der Waals surface area contributed by atoms with Gasteiger partial charge in [0.2, 0.25) is 0 Å². The van der Waals surface area contributed by atoms with Crippen LogP contribution in [-0.2, 0) is 0 Å². The predicted molar refractivity (Wildman–Crippen MR) is 53.0 cm³/mol. The SMILES string of the molecule is CC(C)(C)[SiH2]N[SiH2]N[SiH3]. The van der Waals surface area contributed by atoms with Gasteiger partial charge in [0.15, 0.2) is 9.84 Å². The summed E-state index contributed by atoms with van der Waals surface area (Å²) in [5.74, 6) is 0. The molecule has 0 aliphatic carbocycles. The van der Waals surface area contributed by atoms with Gasteiger partial charge in [0, 0.05) is 0 Å². The van der Waals surface area contributed by atoms with Crippen LogP contribution in [0, 0.1) is 0 Å². The van der Waals surface area contributed by atoms with Crippen molar-refractivity contribution in [1.82, 2.24) is 9.30 Å². The Morgan fingerprint density at radius 2 is 1.89 bits per heavy atom. The average molecular weight is 178 g/mol. The lowest BCUT2D eigenvalue weighted by atomic mass is 10.3. The third-order valence-electron chi connectivity index (χ3n) is 0.957. The van der Waals surface area contributed by atoms with Crippen molar-refractivity contribution in [3.63, 3.8) is 0 Å². The Labute approximate surface area is 65.6 Å². The minimum atomic E-state index is -0.0347. The maximum absolute atomic E-state index is 3.58. The van der Waals surface area contributed by atoms with E-state index in [9.17, 15) is 0 Å². The highest BCUT2D eigenvalue weighted by Gasteiger charge is 2.08. The molecule has 56 valence electrons. The van der Waals surface area contributed by atoms with E-state index in [2.05, 4.69) is 30.1 Å². The third kappa shape index (κ3) is 8.57. The van der Waals surface area contributed by atoms with E-state index in [4.69, 9.17) is 0 Å². The molecule has 0 aromatic heterocycles. The molecule has 0 bridgehead atoms. The van der Waals surface area contributed by atoms with Crippen molar-refractivity contribution >= 4 is 29.9 Å². The van der Waals surface area contributed by atoms with Crippen molar-refractivity contribution < 1.29 is 0 Å². The molecule has 0 aromatic rings. The van der Waals surface area contributed by atoms with E-state index in [1.54, 1.807) is 0 Å². The standard InChI is InChI=1S/C4H18N2Si3/c1-4(2,3)8-6-9-5-7/h5-6H,8-9H2,1-3,7H3. The minimum absolute atomic E-state index is 0.0101. The Kier molecular flexibility index (Phi) is 4.67. The van der Waals surface area contributed by atoms with Crippen LogP contribution < -0.4 is 9.30 Å². The van der Waals surface area contributed by atoms with Gasteiger partial charge < -0.3 is 9.30 Å². The van der Waals surface area contributed by atoms with Crippen LogP contribution in [0.2, 0.25) is 5.04 Å². The van der Waals surface area contributed by atoms with Gasteiger partial charge in [-0.25, -0.2) is 0 Å². The van der Waals surface area contributed by atoms with E-state index in [1.807, 2.05) is 0 Å². The molecule has 5 heteroatoms. The molecule has 0 fully saturated rings. The quantitative estimate of drug-likeness (QED) is 0.377. The fourth-order valence-electron chi connectivity index (χ4n) is 0.562. The van der Waals surface area contributed by atoms with Gasteiger partial charge in [-0.1, -0.05) is 20.8 Å². The van der Waals surface area contributed by atoms with Crippen LogP contribution in [0.25, 0.3) is 0 Å². The first-order valence-corrected chi connectivity index (χ1v) is 7.24. The molecule has 0 heterocycles. The van der Waals surface area contributed by atoms with Crippen molar-refractivity contribution in [2.45, 2.75) is 25.8 Å². The molecule has 2 nitrogen and oxygen atoms in total. The van der Waals surface area contributed by atoms with Crippen molar-refractivity contribution in [3.05, 3.63) is 0 Å². The highest BCUT2D eigenvalue weighted by atomic mass is 28.3. The lowest BCUT2D eigenvalue weighted by Gasteiger charge is -2.17. The Balaban J connectivity index is 3.07. The zero-order chi connectivity index (χ0) is 7.33. The van der Waals surface area contributed by atoms with Crippen LogP contribution in [0.3, 0.4) is 0 Å². The van der Waals surface area contributed by atoms with Crippen LogP contribution in [-0.4, -0.2) is 29.9 Å². The van der Waals surface area contributed by atoms with Crippen molar-refractivity contribution in [2.24, 2.45) is 0 Å². The van der Waals surface area contributed by atoms with Gasteiger partial charge in [-0.2, -0.15) is 0 Å². The first kappa shape index (κ1) is 9.57. The number of nitrogens with one attached hydrogen (secondary N) is 2. The monoisotopic (exact) mass is 178 g/mol. The minimum Gasteiger partial charge on any atom is -0.360 e. The lowest BCUT2D eigenvalue weighted by Crippen LogP contribution is -2.37. The van der Waals surface area contributed by atoms with Crippen LogP contribution >= 0.6 is 0 Å². The Bertz CT molecular complexity index is 70.7. The van der Waals surface area contributed by atoms with Gasteiger partial charge in [0.1, 0.15) is 0 Å². The topological polar surface area (TPSA) is 24.1 Å². The van der Waals surface area contributed by atoms with Crippen LogP contribution in [0.4, 0.5) is 0 Å². The molecule has 0 rings (SSSR count). The van der Waals surface area contributed by atoms with Gasteiger partial charge >= 0.3 is 0 Å². The molecular weight excluding hydrogens is 160 g/mol. The highest BCUT2D eigenvalue weighted by Crippen LogP contribution is 2.17. The summed E-state index contributed by atoms with van der Waals surface area (Å²) in [7, 11) is 1.14. The van der Waals surface area contributed by atoms with E-state index in [-0.39, 0.29) is 19.5 Å².